The molecule has 0 saturated carbocycles. The van der Waals surface area contributed by atoms with Gasteiger partial charge in [0, 0.05) is 19.3 Å². The number of hydrogen-bond donors (Lipinski definition) is 1. The lowest BCUT2D eigenvalue weighted by Crippen LogP contribution is -2.30. The highest BCUT2D eigenvalue weighted by Crippen LogP contribution is 2.27. The van der Waals surface area contributed by atoms with Gasteiger partial charge >= 0.3 is 5.69 Å². The van der Waals surface area contributed by atoms with Crippen LogP contribution in [0.15, 0.2) is 12.3 Å². The molecule has 1 aromatic rings. The van der Waals surface area contributed by atoms with Crippen molar-refractivity contribution in [1.82, 2.24) is 9.88 Å². The van der Waals surface area contributed by atoms with Gasteiger partial charge in [-0.05, 0) is 12.5 Å². The highest BCUT2D eigenvalue weighted by atomic mass is 35.5. The Morgan fingerprint density at radius 2 is 2.39 bits per heavy atom. The number of aromatic nitrogens is 1. The predicted molar refractivity (Wildman–Crippen MR) is 62.4 cm³/mol. The topological polar surface area (TPSA) is 96.6 Å². The molecule has 1 N–H and O–H groups in total. The molecule has 7 nitrogen and oxygen atoms in total. The molecule has 2 rings (SSSR count). The maximum absolute atomic E-state index is 12.1. The van der Waals surface area contributed by atoms with E-state index >= 15 is 0 Å². The Morgan fingerprint density at radius 1 is 1.67 bits per heavy atom. The molecular weight excluding hydrogens is 262 g/mol. The number of likely N-dealkylation sites (tertiary alicyclic amines) is 1. The third-order valence-corrected chi connectivity index (χ3v) is 3.02. The second kappa shape index (κ2) is 4.87. The van der Waals surface area contributed by atoms with Crippen LogP contribution in [0.3, 0.4) is 0 Å². The molecule has 1 atom stereocenters. The standard InChI is InChI=1S/C10H10ClN3O4/c11-9-8(14(17)18)7(1-3-12-9)10(16)13-4-2-6(15)5-13/h1,3,6,15H,2,4-5H2/t6-/m0/s1. The van der Waals surface area contributed by atoms with E-state index in [9.17, 15) is 20.0 Å². The molecule has 0 spiro atoms. The molecule has 0 unspecified atom stereocenters. The maximum Gasteiger partial charge on any atom is 0.319 e. The van der Waals surface area contributed by atoms with Crippen molar-refractivity contribution in [2.24, 2.45) is 0 Å². The Kier molecular flexibility index (Phi) is 3.44. The highest BCUT2D eigenvalue weighted by Gasteiger charge is 2.31. The molecule has 1 saturated heterocycles. The SMILES string of the molecule is O=C(c1ccnc(Cl)c1[N+](=O)[O-])N1CC[C@H](O)C1. The van der Waals surface area contributed by atoms with Crippen molar-refractivity contribution in [3.63, 3.8) is 0 Å². The van der Waals surface area contributed by atoms with Crippen molar-refractivity contribution in [2.45, 2.75) is 12.5 Å². The van der Waals surface area contributed by atoms with Gasteiger partial charge in [-0.25, -0.2) is 4.98 Å². The molecule has 18 heavy (non-hydrogen) atoms. The number of halogens is 1. The molecule has 1 aromatic heterocycles. The average molecular weight is 272 g/mol. The third-order valence-electron chi connectivity index (χ3n) is 2.74. The normalized spacial score (nSPS) is 19.0. The first-order valence-corrected chi connectivity index (χ1v) is 5.64. The van der Waals surface area contributed by atoms with E-state index in [-0.39, 0.29) is 17.3 Å². The zero-order chi connectivity index (χ0) is 13.3. The average Bonchev–Trinajstić information content (AvgIpc) is 2.74. The van der Waals surface area contributed by atoms with Crippen molar-refractivity contribution in [3.8, 4) is 0 Å². The molecule has 96 valence electrons. The van der Waals surface area contributed by atoms with Crippen LogP contribution in [0.25, 0.3) is 0 Å². The fourth-order valence-electron chi connectivity index (χ4n) is 1.87. The first-order valence-electron chi connectivity index (χ1n) is 5.27. The van der Waals surface area contributed by atoms with E-state index in [0.29, 0.717) is 13.0 Å². The number of nitro groups is 1. The number of amides is 1. The zero-order valence-corrected chi connectivity index (χ0v) is 10.0. The molecule has 2 heterocycles. The first kappa shape index (κ1) is 12.7. The van der Waals surface area contributed by atoms with Crippen molar-refractivity contribution in [1.29, 1.82) is 0 Å². The number of aliphatic hydroxyl groups is 1. The van der Waals surface area contributed by atoms with Gasteiger partial charge in [-0.1, -0.05) is 11.6 Å². The molecule has 1 fully saturated rings. The lowest BCUT2D eigenvalue weighted by molar-refractivity contribution is -0.385. The van der Waals surface area contributed by atoms with Gasteiger partial charge < -0.3 is 10.0 Å². The third kappa shape index (κ3) is 2.27. The summed E-state index contributed by atoms with van der Waals surface area (Å²) in [5, 5.41) is 19.9. The molecule has 1 aliphatic rings. The van der Waals surface area contributed by atoms with E-state index < -0.39 is 22.6 Å². The van der Waals surface area contributed by atoms with Gasteiger partial charge in [0.2, 0.25) is 5.15 Å². The van der Waals surface area contributed by atoms with Gasteiger partial charge in [0.1, 0.15) is 5.56 Å². The van der Waals surface area contributed by atoms with Crippen LogP contribution >= 0.6 is 11.6 Å². The fourth-order valence-corrected chi connectivity index (χ4v) is 2.10. The lowest BCUT2D eigenvalue weighted by atomic mass is 10.2. The number of carbonyl (C=O) groups is 1. The number of aliphatic hydroxyl groups excluding tert-OH is 1. The van der Waals surface area contributed by atoms with E-state index in [1.807, 2.05) is 0 Å². The van der Waals surface area contributed by atoms with Crippen molar-refractivity contribution in [2.75, 3.05) is 13.1 Å². The monoisotopic (exact) mass is 271 g/mol. The van der Waals surface area contributed by atoms with Crippen LogP contribution < -0.4 is 0 Å². The number of nitrogens with zero attached hydrogens (tertiary/aromatic N) is 3. The van der Waals surface area contributed by atoms with Crippen LogP contribution in [0.1, 0.15) is 16.8 Å². The van der Waals surface area contributed by atoms with Gasteiger partial charge in [0.05, 0.1) is 11.0 Å². The van der Waals surface area contributed by atoms with E-state index in [2.05, 4.69) is 4.98 Å². The van der Waals surface area contributed by atoms with Crippen LogP contribution in [0.5, 0.6) is 0 Å². The smallest absolute Gasteiger partial charge is 0.319 e. The summed E-state index contributed by atoms with van der Waals surface area (Å²) in [5.41, 5.74) is -0.598. The van der Waals surface area contributed by atoms with Crippen molar-refractivity contribution < 1.29 is 14.8 Å². The summed E-state index contributed by atoms with van der Waals surface area (Å²) < 4.78 is 0. The van der Waals surface area contributed by atoms with Gasteiger partial charge in [0.15, 0.2) is 0 Å². The van der Waals surface area contributed by atoms with Crippen LogP contribution in [0.4, 0.5) is 5.69 Å². The first-order chi connectivity index (χ1) is 8.50. The summed E-state index contributed by atoms with van der Waals surface area (Å²) in [7, 11) is 0. The quantitative estimate of drug-likeness (QED) is 0.489. The maximum atomic E-state index is 12.1. The zero-order valence-electron chi connectivity index (χ0n) is 9.24. The minimum Gasteiger partial charge on any atom is -0.391 e. The Hall–Kier alpha value is -1.73. The summed E-state index contributed by atoms with van der Waals surface area (Å²) >= 11 is 5.63. The molecule has 1 aliphatic heterocycles. The lowest BCUT2D eigenvalue weighted by Gasteiger charge is -2.15. The second-order valence-corrected chi connectivity index (χ2v) is 4.31. The molecule has 0 aromatic carbocycles. The second-order valence-electron chi connectivity index (χ2n) is 3.95. The molecule has 8 heteroatoms. The molecule has 0 aliphatic carbocycles. The van der Waals surface area contributed by atoms with E-state index in [1.165, 1.54) is 17.2 Å². The Balaban J connectivity index is 2.36. The number of β-amino-alcohol motifs (C(OH)–C–C–N with tert-alkyl or cyclic N) is 1. The molecule has 0 radical (unpaired) electrons. The molecular formula is C10H10ClN3O4. The number of pyridine rings is 1. The largest absolute Gasteiger partial charge is 0.391 e. The predicted octanol–water partition coefficient (Wildman–Crippen LogP) is 0.850. The van der Waals surface area contributed by atoms with E-state index in [1.54, 1.807) is 0 Å². The number of rotatable bonds is 2. The minimum atomic E-state index is -0.727. The van der Waals surface area contributed by atoms with Gasteiger partial charge in [-0.15, -0.1) is 0 Å². The van der Waals surface area contributed by atoms with Gasteiger partial charge in [-0.3, -0.25) is 14.9 Å². The minimum absolute atomic E-state index is 0.103. The number of carbonyl (C=O) groups excluding carboxylic acids is 1. The van der Waals surface area contributed by atoms with Crippen molar-refractivity contribution in [3.05, 3.63) is 33.1 Å². The Labute approximate surface area is 107 Å². The van der Waals surface area contributed by atoms with Crippen molar-refractivity contribution >= 4 is 23.2 Å². The summed E-state index contributed by atoms with van der Waals surface area (Å²) in [4.78, 5) is 27.2. The Bertz CT molecular complexity index is 508. The van der Waals surface area contributed by atoms with E-state index in [4.69, 9.17) is 11.6 Å². The highest BCUT2D eigenvalue weighted by molar-refractivity contribution is 6.32. The van der Waals surface area contributed by atoms with Gasteiger partial charge in [0.25, 0.3) is 5.91 Å². The Morgan fingerprint density at radius 3 is 2.94 bits per heavy atom. The van der Waals surface area contributed by atoms with E-state index in [0.717, 1.165) is 0 Å². The van der Waals surface area contributed by atoms with Gasteiger partial charge in [-0.2, -0.15) is 0 Å². The molecule has 1 amide bonds. The van der Waals surface area contributed by atoms with Crippen LogP contribution in [0, 0.1) is 10.1 Å². The summed E-state index contributed by atoms with van der Waals surface area (Å²) in [6.45, 7) is 0.549. The van der Waals surface area contributed by atoms with Crippen LogP contribution in [-0.4, -0.2) is 45.0 Å². The summed E-state index contributed by atoms with van der Waals surface area (Å²) in [6.07, 6.45) is 1.14. The summed E-state index contributed by atoms with van der Waals surface area (Å²) in [5.74, 6) is -0.512. The fraction of sp³-hybridized carbons (Fsp3) is 0.400. The van der Waals surface area contributed by atoms with Crippen LogP contribution in [0.2, 0.25) is 5.15 Å². The van der Waals surface area contributed by atoms with Crippen LogP contribution in [-0.2, 0) is 0 Å². The number of hydrogen-bond acceptors (Lipinski definition) is 5. The summed E-state index contributed by atoms with van der Waals surface area (Å²) in [6, 6.07) is 1.26. The molecule has 0 bridgehead atoms.